The van der Waals surface area contributed by atoms with E-state index in [1.807, 2.05) is 0 Å². The number of hydrogen-bond donors (Lipinski definition) is 2. The fourth-order valence-electron chi connectivity index (χ4n) is 2.73. The van der Waals surface area contributed by atoms with Crippen molar-refractivity contribution in [2.45, 2.75) is 6.10 Å². The molecule has 0 radical (unpaired) electrons. The van der Waals surface area contributed by atoms with Crippen LogP contribution in [0, 0.1) is 0 Å². The Balaban J connectivity index is 1.58. The van der Waals surface area contributed by atoms with E-state index in [1.165, 1.54) is 11.3 Å². The van der Waals surface area contributed by atoms with Gasteiger partial charge in [-0.05, 0) is 23.6 Å². The molecular weight excluding hydrogens is 452 g/mol. The highest BCUT2D eigenvalue weighted by Gasteiger charge is 2.26. The summed E-state index contributed by atoms with van der Waals surface area (Å²) in [5.41, 5.74) is 0.826. The first-order valence-corrected chi connectivity index (χ1v) is 10.8. The molecular formula is C23H19ClN2O5S. The molecule has 1 heterocycles. The number of thiophene rings is 1. The lowest BCUT2D eigenvalue weighted by atomic mass is 10.00. The zero-order valence-electron chi connectivity index (χ0n) is 16.7. The van der Waals surface area contributed by atoms with Gasteiger partial charge in [0.2, 0.25) is 11.7 Å². The van der Waals surface area contributed by atoms with Gasteiger partial charge in [-0.15, -0.1) is 11.3 Å². The summed E-state index contributed by atoms with van der Waals surface area (Å²) in [7, 11) is 0. The zero-order valence-corrected chi connectivity index (χ0v) is 18.3. The first-order chi connectivity index (χ1) is 15.4. The second-order valence-electron chi connectivity index (χ2n) is 6.59. The number of hydrogen-bond acceptors (Lipinski definition) is 6. The van der Waals surface area contributed by atoms with E-state index in [0.29, 0.717) is 21.0 Å². The van der Waals surface area contributed by atoms with Gasteiger partial charge in [0.05, 0.1) is 11.4 Å². The van der Waals surface area contributed by atoms with E-state index in [4.69, 9.17) is 16.3 Å². The van der Waals surface area contributed by atoms with Gasteiger partial charge in [-0.3, -0.25) is 19.2 Å². The average Bonchev–Trinajstić information content (AvgIpc) is 3.35. The molecule has 0 saturated carbocycles. The SMILES string of the molecule is O=C(CNC(=O)c1cccs1)NCC(=O)O[C@@H](C(=O)c1ccccc1)c1ccc(Cl)cc1. The lowest BCUT2D eigenvalue weighted by molar-refractivity contribution is -0.147. The highest BCUT2D eigenvalue weighted by Crippen LogP contribution is 2.24. The number of benzene rings is 2. The number of ketones is 1. The highest BCUT2D eigenvalue weighted by molar-refractivity contribution is 7.12. The van der Waals surface area contributed by atoms with Crippen LogP contribution in [0.2, 0.25) is 5.02 Å². The quantitative estimate of drug-likeness (QED) is 0.368. The van der Waals surface area contributed by atoms with Crippen molar-refractivity contribution < 1.29 is 23.9 Å². The van der Waals surface area contributed by atoms with Crippen molar-refractivity contribution >= 4 is 46.5 Å². The third kappa shape index (κ3) is 6.50. The van der Waals surface area contributed by atoms with E-state index in [0.717, 1.165) is 0 Å². The van der Waals surface area contributed by atoms with Gasteiger partial charge in [-0.1, -0.05) is 60.1 Å². The third-order valence-corrected chi connectivity index (χ3v) is 5.42. The minimum Gasteiger partial charge on any atom is -0.448 e. The van der Waals surface area contributed by atoms with Crippen molar-refractivity contribution in [1.29, 1.82) is 0 Å². The summed E-state index contributed by atoms with van der Waals surface area (Å²) in [6, 6.07) is 18.2. The number of amides is 2. The number of carbonyl (C=O) groups excluding carboxylic acids is 4. The number of rotatable bonds is 9. The topological polar surface area (TPSA) is 102 Å². The Bertz CT molecular complexity index is 1090. The molecule has 3 aromatic rings. The molecule has 0 aliphatic heterocycles. The fourth-order valence-corrected chi connectivity index (χ4v) is 3.49. The predicted octanol–water partition coefficient (Wildman–Crippen LogP) is 3.41. The number of Topliss-reactive ketones (excluding diaryl/α,β-unsaturated/α-hetero) is 1. The molecule has 9 heteroatoms. The Hall–Kier alpha value is -3.49. The minimum absolute atomic E-state index is 0.298. The Morgan fingerprint density at radius 2 is 1.59 bits per heavy atom. The lowest BCUT2D eigenvalue weighted by Gasteiger charge is -2.18. The van der Waals surface area contributed by atoms with Crippen LogP contribution >= 0.6 is 22.9 Å². The minimum atomic E-state index is -1.20. The van der Waals surface area contributed by atoms with Gasteiger partial charge in [0.15, 0.2) is 6.10 Å². The monoisotopic (exact) mass is 470 g/mol. The predicted molar refractivity (Wildman–Crippen MR) is 121 cm³/mol. The normalized spacial score (nSPS) is 11.3. The summed E-state index contributed by atoms with van der Waals surface area (Å²) in [5.74, 6) is -2.15. The molecule has 0 spiro atoms. The second-order valence-corrected chi connectivity index (χ2v) is 7.97. The summed E-state index contributed by atoms with van der Waals surface area (Å²) in [6.07, 6.45) is -1.20. The van der Waals surface area contributed by atoms with E-state index in [2.05, 4.69) is 10.6 Å². The van der Waals surface area contributed by atoms with Crippen molar-refractivity contribution in [1.82, 2.24) is 10.6 Å². The van der Waals surface area contributed by atoms with E-state index >= 15 is 0 Å². The molecule has 0 aliphatic carbocycles. The average molecular weight is 471 g/mol. The molecule has 0 aliphatic rings. The van der Waals surface area contributed by atoms with Crippen molar-refractivity contribution in [3.05, 3.63) is 93.1 Å². The van der Waals surface area contributed by atoms with Crippen molar-refractivity contribution in [2.24, 2.45) is 0 Å². The third-order valence-electron chi connectivity index (χ3n) is 4.30. The molecule has 0 bridgehead atoms. The van der Waals surface area contributed by atoms with Gasteiger partial charge >= 0.3 is 5.97 Å². The summed E-state index contributed by atoms with van der Waals surface area (Å²) in [4.78, 5) is 49.6. The molecule has 3 rings (SSSR count). The fraction of sp³-hybridized carbons (Fsp3) is 0.130. The van der Waals surface area contributed by atoms with Crippen LogP contribution in [0.15, 0.2) is 72.1 Å². The first-order valence-electron chi connectivity index (χ1n) is 9.56. The van der Waals surface area contributed by atoms with E-state index in [9.17, 15) is 19.2 Å². The van der Waals surface area contributed by atoms with Crippen molar-refractivity contribution in [2.75, 3.05) is 13.1 Å². The summed E-state index contributed by atoms with van der Waals surface area (Å²) >= 11 is 7.17. The van der Waals surface area contributed by atoms with Gasteiger partial charge < -0.3 is 15.4 Å². The van der Waals surface area contributed by atoms with Crippen LogP contribution in [0.4, 0.5) is 0 Å². The number of ether oxygens (including phenoxy) is 1. The van der Waals surface area contributed by atoms with Crippen LogP contribution in [0.1, 0.15) is 31.7 Å². The Kier molecular flexibility index (Phi) is 8.13. The summed E-state index contributed by atoms with van der Waals surface area (Å²) in [6.45, 7) is -0.757. The molecule has 0 saturated heterocycles. The molecule has 2 amide bonds. The number of carbonyl (C=O) groups is 4. The Labute approximate surface area is 193 Å². The maximum absolute atomic E-state index is 12.9. The number of nitrogens with one attached hydrogen (secondary N) is 2. The van der Waals surface area contributed by atoms with Gasteiger partial charge in [-0.25, -0.2) is 0 Å². The molecule has 2 aromatic carbocycles. The molecule has 164 valence electrons. The van der Waals surface area contributed by atoms with Crippen molar-refractivity contribution in [3.8, 4) is 0 Å². The highest BCUT2D eigenvalue weighted by atomic mass is 35.5. The van der Waals surface area contributed by atoms with Crippen LogP contribution in [0.25, 0.3) is 0 Å². The number of halogens is 1. The largest absolute Gasteiger partial charge is 0.448 e. The smallest absolute Gasteiger partial charge is 0.326 e. The molecule has 32 heavy (non-hydrogen) atoms. The Morgan fingerprint density at radius 3 is 2.25 bits per heavy atom. The molecule has 0 unspecified atom stereocenters. The van der Waals surface area contributed by atoms with Gasteiger partial charge in [-0.2, -0.15) is 0 Å². The molecule has 2 N–H and O–H groups in total. The molecule has 7 nitrogen and oxygen atoms in total. The van der Waals surface area contributed by atoms with E-state index in [-0.39, 0.29) is 12.5 Å². The Morgan fingerprint density at radius 1 is 0.875 bits per heavy atom. The maximum Gasteiger partial charge on any atom is 0.326 e. The van der Waals surface area contributed by atoms with Crippen LogP contribution in [-0.4, -0.2) is 36.7 Å². The van der Waals surface area contributed by atoms with E-state index in [1.54, 1.807) is 72.1 Å². The first kappa shape index (κ1) is 23.2. The summed E-state index contributed by atoms with van der Waals surface area (Å²) in [5, 5.41) is 7.06. The van der Waals surface area contributed by atoms with E-state index < -0.39 is 30.3 Å². The lowest BCUT2D eigenvalue weighted by Crippen LogP contribution is -2.39. The maximum atomic E-state index is 12.9. The molecule has 0 fully saturated rings. The van der Waals surface area contributed by atoms with Gasteiger partial charge in [0, 0.05) is 16.1 Å². The standard InChI is InChI=1S/C23H19ClN2O5S/c24-17-10-8-16(9-11-17)22(21(29)15-5-2-1-3-6-15)31-20(28)14-25-19(27)13-26-23(30)18-7-4-12-32-18/h1-12,22H,13-14H2,(H,25,27)(H,26,30)/t22-/m1/s1. The van der Waals surface area contributed by atoms with Crippen LogP contribution in [0.3, 0.4) is 0 Å². The van der Waals surface area contributed by atoms with Crippen LogP contribution < -0.4 is 10.6 Å². The second kappa shape index (κ2) is 11.2. The molecule has 1 atom stereocenters. The molecule has 1 aromatic heterocycles. The van der Waals surface area contributed by atoms with Crippen LogP contribution in [0.5, 0.6) is 0 Å². The zero-order chi connectivity index (χ0) is 22.9. The summed E-state index contributed by atoms with van der Waals surface area (Å²) < 4.78 is 5.40. The number of esters is 1. The van der Waals surface area contributed by atoms with Crippen molar-refractivity contribution in [3.63, 3.8) is 0 Å². The van der Waals surface area contributed by atoms with Gasteiger partial charge in [0.1, 0.15) is 6.54 Å². The van der Waals surface area contributed by atoms with Gasteiger partial charge in [0.25, 0.3) is 5.91 Å². The van der Waals surface area contributed by atoms with Crippen LogP contribution in [-0.2, 0) is 14.3 Å².